The van der Waals surface area contributed by atoms with E-state index in [1.807, 2.05) is 30.3 Å². The number of nitrogens with zero attached hydrogens (tertiary/aromatic N) is 3. The van der Waals surface area contributed by atoms with Crippen LogP contribution in [0.15, 0.2) is 71.8 Å². The van der Waals surface area contributed by atoms with Gasteiger partial charge in [-0.1, -0.05) is 77.3 Å². The maximum atomic E-state index is 12.2. The van der Waals surface area contributed by atoms with Crippen molar-refractivity contribution in [2.24, 2.45) is 5.10 Å². The third-order valence-electron chi connectivity index (χ3n) is 4.57. The van der Waals surface area contributed by atoms with Gasteiger partial charge in [-0.25, -0.2) is 5.01 Å². The zero-order chi connectivity index (χ0) is 27.2. The van der Waals surface area contributed by atoms with E-state index in [-0.39, 0.29) is 21.5 Å². The zero-order valence-electron chi connectivity index (χ0n) is 20.0. The molecule has 0 spiro atoms. The first-order valence-corrected chi connectivity index (χ1v) is 11.9. The molecule has 0 aliphatic rings. The van der Waals surface area contributed by atoms with Gasteiger partial charge in [-0.3, -0.25) is 9.59 Å². The number of nitrogens with one attached hydrogen (secondary N) is 1. The fourth-order valence-electron chi connectivity index (χ4n) is 2.94. The van der Waals surface area contributed by atoms with Crippen LogP contribution in [-0.2, 0) is 14.3 Å². The Hall–Kier alpha value is -3.67. The summed E-state index contributed by atoms with van der Waals surface area (Å²) in [6.07, 6.45) is 3.82. The second-order valence-electron chi connectivity index (χ2n) is 7.25. The second kappa shape index (κ2) is 15.4. The summed E-state index contributed by atoms with van der Waals surface area (Å²) in [6, 6.07) is 21.6. The third kappa shape index (κ3) is 9.37. The lowest BCUT2D eigenvalue weighted by atomic mass is 10.0. The fraction of sp³-hybridized carbons (Fsp3) is 0.111. The molecule has 1 N–H and O–H groups in total. The highest BCUT2D eigenvalue weighted by Crippen LogP contribution is 2.36. The quantitative estimate of drug-likeness (QED) is 0.0656. The molecule has 3 aromatic rings. The molecule has 0 radical (unpaired) electrons. The van der Waals surface area contributed by atoms with E-state index in [0.29, 0.717) is 29.4 Å². The average molecular weight is 558 g/mol. The minimum Gasteiger partial charge on any atom is -0.365 e. The van der Waals surface area contributed by atoms with Gasteiger partial charge in [0, 0.05) is 24.6 Å². The van der Waals surface area contributed by atoms with E-state index in [2.05, 4.69) is 21.2 Å². The van der Waals surface area contributed by atoms with Crippen LogP contribution in [0.1, 0.15) is 23.6 Å². The molecule has 2 amide bonds. The number of hydrazone groups is 1. The summed E-state index contributed by atoms with van der Waals surface area (Å²) in [5.41, 5.74) is 2.66. The van der Waals surface area contributed by atoms with Crippen molar-refractivity contribution in [2.75, 3.05) is 18.8 Å². The van der Waals surface area contributed by atoms with Gasteiger partial charge in [0.05, 0.1) is 33.6 Å². The second-order valence-corrected chi connectivity index (χ2v) is 8.50. The Morgan fingerprint density at radius 3 is 2.16 bits per heavy atom. The van der Waals surface area contributed by atoms with E-state index < -0.39 is 0 Å². The SMILES string of the molecule is CC(=O)N(/N=C/c1ccccc1)c1cc(Cl)c(/C(C#N)=C/c2ccc(Cl)cc2)c(Cl)c1.COCNC=O. The van der Waals surface area contributed by atoms with Crippen molar-refractivity contribution < 1.29 is 14.3 Å². The molecule has 3 rings (SSSR count). The first-order valence-electron chi connectivity index (χ1n) is 10.7. The number of amides is 2. The highest BCUT2D eigenvalue weighted by atomic mass is 35.5. The Morgan fingerprint density at radius 1 is 1.05 bits per heavy atom. The van der Waals surface area contributed by atoms with Crippen molar-refractivity contribution in [3.8, 4) is 6.07 Å². The molecule has 0 aromatic heterocycles. The molecule has 0 fully saturated rings. The maximum Gasteiger partial charge on any atom is 0.244 e. The monoisotopic (exact) mass is 556 g/mol. The van der Waals surface area contributed by atoms with E-state index in [1.54, 1.807) is 48.7 Å². The Morgan fingerprint density at radius 2 is 1.68 bits per heavy atom. The standard InChI is InChI=1S/C24H16Cl3N3O.C3H7NO2/c1-16(31)30(29-15-18-5-3-2-4-6-18)21-12-22(26)24(23(27)13-21)19(14-28)11-17-7-9-20(25)10-8-17;1-6-3-4-2-5/h2-13,15H,1H3;2H,3H2,1H3,(H,4,5)/b19-11+,29-15+;. The van der Waals surface area contributed by atoms with Gasteiger partial charge in [0.25, 0.3) is 0 Å². The highest BCUT2D eigenvalue weighted by molar-refractivity contribution is 6.39. The lowest BCUT2D eigenvalue weighted by Crippen LogP contribution is -2.22. The minimum absolute atomic E-state index is 0.227. The summed E-state index contributed by atoms with van der Waals surface area (Å²) >= 11 is 18.9. The third-order valence-corrected chi connectivity index (χ3v) is 5.42. The largest absolute Gasteiger partial charge is 0.365 e. The molecular weight excluding hydrogens is 535 g/mol. The normalized spacial score (nSPS) is 10.8. The minimum atomic E-state index is -0.315. The van der Waals surface area contributed by atoms with Gasteiger partial charge >= 0.3 is 0 Å². The number of carbonyl (C=O) groups is 2. The number of rotatable bonds is 8. The molecule has 7 nitrogen and oxygen atoms in total. The van der Waals surface area contributed by atoms with E-state index in [4.69, 9.17) is 34.8 Å². The van der Waals surface area contributed by atoms with Crippen molar-refractivity contribution in [3.05, 3.63) is 98.5 Å². The number of ether oxygens (including phenoxy) is 1. The molecule has 0 heterocycles. The highest BCUT2D eigenvalue weighted by Gasteiger charge is 2.18. The van der Waals surface area contributed by atoms with Gasteiger partial charge in [0.15, 0.2) is 0 Å². The van der Waals surface area contributed by atoms with Gasteiger partial charge in [0.1, 0.15) is 6.73 Å². The lowest BCUT2D eigenvalue weighted by molar-refractivity contribution is -0.116. The Kier molecular flexibility index (Phi) is 12.3. The van der Waals surface area contributed by atoms with Crippen molar-refractivity contribution in [3.63, 3.8) is 0 Å². The van der Waals surface area contributed by atoms with Crippen LogP contribution in [-0.4, -0.2) is 32.4 Å². The number of hydrogen-bond acceptors (Lipinski definition) is 5. The first kappa shape index (κ1) is 29.6. The van der Waals surface area contributed by atoms with E-state index >= 15 is 0 Å². The van der Waals surface area contributed by atoms with Crippen LogP contribution < -0.4 is 10.3 Å². The summed E-state index contributed by atoms with van der Waals surface area (Å²) in [5, 5.41) is 18.5. The Balaban J connectivity index is 0.000000717. The summed E-state index contributed by atoms with van der Waals surface area (Å²) in [6.45, 7) is 1.68. The van der Waals surface area contributed by atoms with Gasteiger partial charge in [-0.2, -0.15) is 10.4 Å². The number of halogens is 3. The summed E-state index contributed by atoms with van der Waals surface area (Å²) in [5.74, 6) is -0.315. The molecule has 0 unspecified atom stereocenters. The summed E-state index contributed by atoms with van der Waals surface area (Å²) in [7, 11) is 1.51. The molecule has 0 saturated carbocycles. The first-order chi connectivity index (χ1) is 17.8. The van der Waals surface area contributed by atoms with E-state index in [9.17, 15) is 14.9 Å². The maximum absolute atomic E-state index is 12.2. The van der Waals surface area contributed by atoms with Crippen molar-refractivity contribution in [2.45, 2.75) is 6.92 Å². The van der Waals surface area contributed by atoms with Gasteiger partial charge in [-0.05, 0) is 41.5 Å². The average Bonchev–Trinajstić information content (AvgIpc) is 2.88. The molecule has 0 aliphatic carbocycles. The molecule has 0 saturated heterocycles. The summed E-state index contributed by atoms with van der Waals surface area (Å²) < 4.78 is 4.44. The number of anilines is 1. The molecular formula is C27H23Cl3N4O3. The van der Waals surface area contributed by atoms with Gasteiger partial charge in [-0.15, -0.1) is 0 Å². The summed E-state index contributed by atoms with van der Waals surface area (Å²) in [4.78, 5) is 21.6. The topological polar surface area (TPSA) is 94.8 Å². The predicted molar refractivity (Wildman–Crippen MR) is 150 cm³/mol. The van der Waals surface area contributed by atoms with Crippen molar-refractivity contribution in [1.29, 1.82) is 5.26 Å². The van der Waals surface area contributed by atoms with Crippen molar-refractivity contribution in [1.82, 2.24) is 5.32 Å². The van der Waals surface area contributed by atoms with Gasteiger partial charge < -0.3 is 10.1 Å². The molecule has 3 aromatic carbocycles. The number of methoxy groups -OCH3 is 1. The van der Waals surface area contributed by atoms with Crippen molar-refractivity contribution >= 4 is 70.7 Å². The van der Waals surface area contributed by atoms with E-state index in [1.165, 1.54) is 19.0 Å². The van der Waals surface area contributed by atoms with Crippen LogP contribution in [0.3, 0.4) is 0 Å². The number of carbonyl (C=O) groups excluding carboxylic acids is 2. The number of hydrogen-bond donors (Lipinski definition) is 1. The van der Waals surface area contributed by atoms with E-state index in [0.717, 1.165) is 11.1 Å². The number of benzene rings is 3. The molecule has 37 heavy (non-hydrogen) atoms. The number of allylic oxidation sites excluding steroid dienone is 1. The number of nitriles is 1. The van der Waals surface area contributed by atoms with Crippen LogP contribution in [0.4, 0.5) is 5.69 Å². The zero-order valence-corrected chi connectivity index (χ0v) is 22.3. The lowest BCUT2D eigenvalue weighted by Gasteiger charge is -2.17. The molecule has 0 bridgehead atoms. The predicted octanol–water partition coefficient (Wildman–Crippen LogP) is 6.43. The van der Waals surface area contributed by atoms with Crippen LogP contribution >= 0.6 is 34.8 Å². The molecule has 0 aliphatic heterocycles. The Labute approximate surface area is 230 Å². The van der Waals surface area contributed by atoms with Gasteiger partial charge in [0.2, 0.25) is 12.3 Å². The molecule has 190 valence electrons. The van der Waals surface area contributed by atoms with Crippen LogP contribution in [0.25, 0.3) is 11.6 Å². The molecule has 0 atom stereocenters. The fourth-order valence-corrected chi connectivity index (χ4v) is 3.74. The van der Waals surface area contributed by atoms with Crippen LogP contribution in [0.2, 0.25) is 15.1 Å². The Bertz CT molecular complexity index is 1280. The van der Waals surface area contributed by atoms with Crippen LogP contribution in [0.5, 0.6) is 0 Å². The smallest absolute Gasteiger partial charge is 0.244 e. The van der Waals surface area contributed by atoms with Crippen LogP contribution in [0, 0.1) is 11.3 Å². The molecule has 10 heteroatoms.